The van der Waals surface area contributed by atoms with E-state index in [0.717, 1.165) is 55.0 Å². The van der Waals surface area contributed by atoms with Crippen molar-refractivity contribution in [3.63, 3.8) is 0 Å². The number of hydrogen-bond donors (Lipinski definition) is 0. The molecule has 32 heavy (non-hydrogen) atoms. The number of aromatic nitrogens is 2. The molecule has 3 aromatic carbocycles. The zero-order valence-corrected chi connectivity index (χ0v) is 18.7. The average molecular weight is 428 g/mol. The second-order valence-electron chi connectivity index (χ2n) is 9.14. The van der Waals surface area contributed by atoms with Gasteiger partial charge in [0.15, 0.2) is 0 Å². The van der Waals surface area contributed by atoms with Crippen molar-refractivity contribution < 1.29 is 4.39 Å². The van der Waals surface area contributed by atoms with E-state index in [4.69, 9.17) is 4.98 Å². The molecule has 5 rings (SSSR count). The molecule has 0 bridgehead atoms. The van der Waals surface area contributed by atoms with Crippen molar-refractivity contribution in [3.05, 3.63) is 101 Å². The molecule has 3 nitrogen and oxygen atoms in total. The Labute approximate surface area is 189 Å². The molecule has 1 aromatic heterocycles. The van der Waals surface area contributed by atoms with Crippen LogP contribution in [0.4, 0.5) is 4.39 Å². The van der Waals surface area contributed by atoms with Gasteiger partial charge < -0.3 is 4.57 Å². The Balaban J connectivity index is 1.32. The quantitative estimate of drug-likeness (QED) is 0.377. The summed E-state index contributed by atoms with van der Waals surface area (Å²) < 4.78 is 15.7. The largest absolute Gasteiger partial charge is 0.323 e. The lowest BCUT2D eigenvalue weighted by Crippen LogP contribution is -2.34. The number of nitrogens with zero attached hydrogens (tertiary/aromatic N) is 3. The third-order valence-corrected chi connectivity index (χ3v) is 6.66. The minimum atomic E-state index is -0.192. The van der Waals surface area contributed by atoms with Crippen molar-refractivity contribution in [2.75, 3.05) is 13.1 Å². The molecule has 164 valence electrons. The SMILES string of the molecule is Cc1ccc2c(c1)nc(CC1CCN(Cc3ccccc3)CC1)n2Cc1ccc(F)cc1. The number of benzene rings is 3. The van der Waals surface area contributed by atoms with Crippen LogP contribution in [0.2, 0.25) is 0 Å². The van der Waals surface area contributed by atoms with Gasteiger partial charge in [-0.3, -0.25) is 4.90 Å². The van der Waals surface area contributed by atoms with Crippen molar-refractivity contribution in [3.8, 4) is 0 Å². The molecule has 1 aliphatic rings. The third-order valence-electron chi connectivity index (χ3n) is 6.66. The highest BCUT2D eigenvalue weighted by atomic mass is 19.1. The summed E-state index contributed by atoms with van der Waals surface area (Å²) in [5.41, 5.74) is 5.94. The lowest BCUT2D eigenvalue weighted by atomic mass is 9.93. The summed E-state index contributed by atoms with van der Waals surface area (Å²) in [6.45, 7) is 6.15. The molecular weight excluding hydrogens is 397 g/mol. The fourth-order valence-electron chi connectivity index (χ4n) is 4.84. The summed E-state index contributed by atoms with van der Waals surface area (Å²) in [5, 5.41) is 0. The van der Waals surface area contributed by atoms with Gasteiger partial charge in [-0.25, -0.2) is 9.37 Å². The summed E-state index contributed by atoms with van der Waals surface area (Å²) in [6.07, 6.45) is 3.39. The predicted octanol–water partition coefficient (Wildman–Crippen LogP) is 5.99. The van der Waals surface area contributed by atoms with E-state index in [1.54, 1.807) is 12.1 Å². The van der Waals surface area contributed by atoms with Crippen LogP contribution in [0.25, 0.3) is 11.0 Å². The minimum Gasteiger partial charge on any atom is -0.323 e. The predicted molar refractivity (Wildman–Crippen MR) is 128 cm³/mol. The molecule has 0 N–H and O–H groups in total. The standard InChI is InChI=1S/C28H30FN3/c1-21-7-12-27-26(17-21)30-28(32(27)20-24-8-10-25(29)11-9-24)18-22-13-15-31(16-14-22)19-23-5-3-2-4-6-23/h2-12,17,22H,13-16,18-20H2,1H3. The molecule has 4 heteroatoms. The van der Waals surface area contributed by atoms with Crippen LogP contribution >= 0.6 is 0 Å². The van der Waals surface area contributed by atoms with Crippen LogP contribution in [0, 0.1) is 18.7 Å². The maximum Gasteiger partial charge on any atom is 0.123 e. The van der Waals surface area contributed by atoms with Gasteiger partial charge in [0.2, 0.25) is 0 Å². The van der Waals surface area contributed by atoms with E-state index >= 15 is 0 Å². The molecule has 0 spiro atoms. The number of piperidine rings is 1. The molecule has 1 fully saturated rings. The van der Waals surface area contributed by atoms with Gasteiger partial charge in [-0.05, 0) is 79.7 Å². The summed E-state index contributed by atoms with van der Waals surface area (Å²) in [7, 11) is 0. The Kier molecular flexibility index (Phi) is 6.04. The molecule has 0 saturated carbocycles. The maximum atomic E-state index is 13.4. The number of rotatable bonds is 6. The van der Waals surface area contributed by atoms with Crippen molar-refractivity contribution in [1.29, 1.82) is 0 Å². The normalized spacial score (nSPS) is 15.4. The van der Waals surface area contributed by atoms with Crippen LogP contribution in [-0.2, 0) is 19.5 Å². The number of fused-ring (bicyclic) bond motifs is 1. The van der Waals surface area contributed by atoms with E-state index in [0.29, 0.717) is 5.92 Å². The molecular formula is C28H30FN3. The van der Waals surface area contributed by atoms with Crippen LogP contribution in [-0.4, -0.2) is 27.5 Å². The Morgan fingerprint density at radius 1 is 0.875 bits per heavy atom. The minimum absolute atomic E-state index is 0.192. The number of likely N-dealkylation sites (tertiary alicyclic amines) is 1. The van der Waals surface area contributed by atoms with E-state index in [9.17, 15) is 4.39 Å². The Morgan fingerprint density at radius 3 is 2.34 bits per heavy atom. The second kappa shape index (κ2) is 9.25. The number of imidazole rings is 1. The van der Waals surface area contributed by atoms with E-state index in [1.807, 2.05) is 12.1 Å². The molecule has 1 saturated heterocycles. The van der Waals surface area contributed by atoms with Crippen molar-refractivity contribution in [2.45, 2.75) is 39.3 Å². The Hall–Kier alpha value is -2.98. The van der Waals surface area contributed by atoms with Crippen LogP contribution in [0.15, 0.2) is 72.8 Å². The van der Waals surface area contributed by atoms with Gasteiger partial charge in [-0.2, -0.15) is 0 Å². The van der Waals surface area contributed by atoms with E-state index in [-0.39, 0.29) is 5.82 Å². The van der Waals surface area contributed by atoms with Crippen molar-refractivity contribution in [2.24, 2.45) is 5.92 Å². The van der Waals surface area contributed by atoms with Crippen LogP contribution in [0.1, 0.15) is 35.4 Å². The highest BCUT2D eigenvalue weighted by Crippen LogP contribution is 2.26. The topological polar surface area (TPSA) is 21.1 Å². The van der Waals surface area contributed by atoms with Gasteiger partial charge in [0.1, 0.15) is 11.6 Å². The molecule has 0 amide bonds. The third kappa shape index (κ3) is 4.76. The van der Waals surface area contributed by atoms with Crippen molar-refractivity contribution >= 4 is 11.0 Å². The smallest absolute Gasteiger partial charge is 0.123 e. The van der Waals surface area contributed by atoms with Gasteiger partial charge in [0.05, 0.1) is 11.0 Å². The fourth-order valence-corrected chi connectivity index (χ4v) is 4.84. The van der Waals surface area contributed by atoms with Crippen LogP contribution in [0.5, 0.6) is 0 Å². The number of hydrogen-bond acceptors (Lipinski definition) is 2. The van der Waals surface area contributed by atoms with Gasteiger partial charge in [0, 0.05) is 19.5 Å². The molecule has 0 aliphatic carbocycles. The average Bonchev–Trinajstić information content (AvgIpc) is 3.13. The molecule has 2 heterocycles. The molecule has 4 aromatic rings. The molecule has 0 atom stereocenters. The fraction of sp³-hybridized carbons (Fsp3) is 0.321. The first-order valence-electron chi connectivity index (χ1n) is 11.6. The summed E-state index contributed by atoms with van der Waals surface area (Å²) in [5.74, 6) is 1.60. The highest BCUT2D eigenvalue weighted by Gasteiger charge is 2.22. The first-order valence-corrected chi connectivity index (χ1v) is 11.6. The first kappa shape index (κ1) is 20.9. The first-order chi connectivity index (χ1) is 15.6. The van der Waals surface area contributed by atoms with Crippen LogP contribution in [0.3, 0.4) is 0 Å². The maximum absolute atomic E-state index is 13.4. The second-order valence-corrected chi connectivity index (χ2v) is 9.14. The number of halogens is 1. The summed E-state index contributed by atoms with van der Waals surface area (Å²) in [6, 6.07) is 24.1. The van der Waals surface area contributed by atoms with E-state index < -0.39 is 0 Å². The van der Waals surface area contributed by atoms with E-state index in [2.05, 4.69) is 64.9 Å². The van der Waals surface area contributed by atoms with E-state index in [1.165, 1.54) is 24.0 Å². The summed E-state index contributed by atoms with van der Waals surface area (Å²) >= 11 is 0. The lowest BCUT2D eigenvalue weighted by Gasteiger charge is -2.32. The number of aryl methyl sites for hydroxylation is 1. The lowest BCUT2D eigenvalue weighted by molar-refractivity contribution is 0.175. The summed E-state index contributed by atoms with van der Waals surface area (Å²) in [4.78, 5) is 7.61. The van der Waals surface area contributed by atoms with Crippen molar-refractivity contribution in [1.82, 2.24) is 14.5 Å². The van der Waals surface area contributed by atoms with Crippen LogP contribution < -0.4 is 0 Å². The monoisotopic (exact) mass is 427 g/mol. The zero-order valence-electron chi connectivity index (χ0n) is 18.7. The van der Waals surface area contributed by atoms with Gasteiger partial charge >= 0.3 is 0 Å². The molecule has 0 radical (unpaired) electrons. The van der Waals surface area contributed by atoms with Gasteiger partial charge in [0.25, 0.3) is 0 Å². The van der Waals surface area contributed by atoms with Gasteiger partial charge in [-0.15, -0.1) is 0 Å². The Morgan fingerprint density at radius 2 is 1.59 bits per heavy atom. The Bertz CT molecular complexity index is 1170. The molecule has 0 unspecified atom stereocenters. The zero-order chi connectivity index (χ0) is 21.9. The highest BCUT2D eigenvalue weighted by molar-refractivity contribution is 5.77. The molecule has 1 aliphatic heterocycles. The van der Waals surface area contributed by atoms with Gasteiger partial charge in [-0.1, -0.05) is 48.5 Å².